The van der Waals surface area contributed by atoms with Crippen LogP contribution in [0.3, 0.4) is 0 Å². The van der Waals surface area contributed by atoms with Crippen molar-refractivity contribution < 1.29 is 4.79 Å². The van der Waals surface area contributed by atoms with Crippen LogP contribution in [0, 0.1) is 6.92 Å². The molecule has 7 heteroatoms. The molecule has 0 radical (unpaired) electrons. The number of fused-ring (bicyclic) bond motifs is 1. The van der Waals surface area contributed by atoms with Crippen LogP contribution >= 0.6 is 22.9 Å². The Morgan fingerprint density at radius 3 is 2.74 bits per heavy atom. The molecule has 142 valence electrons. The third-order valence-corrected chi connectivity index (χ3v) is 6.00. The van der Waals surface area contributed by atoms with Crippen molar-refractivity contribution in [1.82, 2.24) is 14.9 Å². The van der Waals surface area contributed by atoms with Gasteiger partial charge in [-0.15, -0.1) is 11.3 Å². The predicted octanol–water partition coefficient (Wildman–Crippen LogP) is 4.56. The van der Waals surface area contributed by atoms with Crippen LogP contribution in [0.4, 0.5) is 0 Å². The fourth-order valence-corrected chi connectivity index (χ4v) is 4.32. The van der Waals surface area contributed by atoms with E-state index in [4.69, 9.17) is 11.6 Å². The molecule has 27 heavy (non-hydrogen) atoms. The van der Waals surface area contributed by atoms with E-state index in [-0.39, 0.29) is 18.0 Å². The Balaban J connectivity index is 1.92. The Hall–Kier alpha value is -2.18. The van der Waals surface area contributed by atoms with E-state index < -0.39 is 0 Å². The van der Waals surface area contributed by atoms with E-state index in [1.54, 1.807) is 23.1 Å². The van der Waals surface area contributed by atoms with Gasteiger partial charge in [0.15, 0.2) is 0 Å². The van der Waals surface area contributed by atoms with Crippen molar-refractivity contribution in [2.45, 2.75) is 40.2 Å². The number of aryl methyl sites for hydroxylation is 2. The summed E-state index contributed by atoms with van der Waals surface area (Å²) in [4.78, 5) is 36.3. The number of hydrogen-bond acceptors (Lipinski definition) is 4. The van der Waals surface area contributed by atoms with E-state index >= 15 is 0 Å². The standard InChI is InChI=1S/C20H22ClN3O2S/c1-4-8-24(20(26)17-9-12(3)16(5-2)27-17)11-18-22-15-10-13(21)6-7-14(15)19(25)23-18/h6-7,9-10H,4-5,8,11H2,1-3H3,(H,22,23,25). The summed E-state index contributed by atoms with van der Waals surface area (Å²) in [7, 11) is 0. The second kappa shape index (κ2) is 8.23. The number of benzene rings is 1. The number of aromatic amines is 1. The van der Waals surface area contributed by atoms with Crippen molar-refractivity contribution >= 4 is 39.7 Å². The number of nitrogens with zero attached hydrogens (tertiary/aromatic N) is 2. The number of amides is 1. The summed E-state index contributed by atoms with van der Waals surface area (Å²) >= 11 is 7.56. The number of H-pyrrole nitrogens is 1. The molecule has 3 rings (SSSR count). The van der Waals surface area contributed by atoms with Gasteiger partial charge in [-0.2, -0.15) is 0 Å². The molecule has 0 saturated carbocycles. The van der Waals surface area contributed by atoms with Gasteiger partial charge in [0.05, 0.1) is 22.3 Å². The van der Waals surface area contributed by atoms with Crippen LogP contribution in [-0.4, -0.2) is 27.3 Å². The number of rotatable bonds is 6. The molecule has 0 bridgehead atoms. The summed E-state index contributed by atoms with van der Waals surface area (Å²) in [5.41, 5.74) is 1.45. The van der Waals surface area contributed by atoms with Gasteiger partial charge in [0, 0.05) is 16.4 Å². The first kappa shape index (κ1) is 19.6. The van der Waals surface area contributed by atoms with Crippen LogP contribution in [0.15, 0.2) is 29.1 Å². The van der Waals surface area contributed by atoms with Crippen LogP contribution in [0.5, 0.6) is 0 Å². The maximum absolute atomic E-state index is 13.0. The lowest BCUT2D eigenvalue weighted by Gasteiger charge is -2.21. The molecule has 2 aromatic heterocycles. The van der Waals surface area contributed by atoms with E-state index in [1.165, 1.54) is 16.2 Å². The SMILES string of the molecule is CCCN(Cc1nc2cc(Cl)ccc2c(=O)[nH]1)C(=O)c1cc(C)c(CC)s1. The van der Waals surface area contributed by atoms with Gasteiger partial charge in [0.2, 0.25) is 0 Å². The number of nitrogens with one attached hydrogen (secondary N) is 1. The third kappa shape index (κ3) is 4.22. The second-order valence-corrected chi connectivity index (χ2v) is 8.04. The maximum Gasteiger partial charge on any atom is 0.264 e. The molecule has 0 atom stereocenters. The fourth-order valence-electron chi connectivity index (χ4n) is 3.07. The van der Waals surface area contributed by atoms with E-state index in [2.05, 4.69) is 16.9 Å². The van der Waals surface area contributed by atoms with Crippen LogP contribution in [-0.2, 0) is 13.0 Å². The molecular formula is C20H22ClN3O2S. The Labute approximate surface area is 167 Å². The molecule has 0 aliphatic rings. The minimum atomic E-state index is -0.226. The summed E-state index contributed by atoms with van der Waals surface area (Å²) < 4.78 is 0. The number of thiophene rings is 1. The van der Waals surface area contributed by atoms with Crippen molar-refractivity contribution in [2.75, 3.05) is 6.54 Å². The zero-order valence-corrected chi connectivity index (χ0v) is 17.2. The highest BCUT2D eigenvalue weighted by Crippen LogP contribution is 2.24. The number of carbonyl (C=O) groups is 1. The van der Waals surface area contributed by atoms with Gasteiger partial charge in [-0.1, -0.05) is 25.4 Å². The zero-order valence-electron chi connectivity index (χ0n) is 15.6. The summed E-state index contributed by atoms with van der Waals surface area (Å²) in [6.07, 6.45) is 1.73. The average molecular weight is 404 g/mol. The van der Waals surface area contributed by atoms with Crippen LogP contribution in [0.2, 0.25) is 5.02 Å². The Morgan fingerprint density at radius 2 is 2.07 bits per heavy atom. The molecule has 2 heterocycles. The number of carbonyl (C=O) groups excluding carboxylic acids is 1. The van der Waals surface area contributed by atoms with Crippen molar-refractivity contribution in [3.05, 3.63) is 60.8 Å². The van der Waals surface area contributed by atoms with Crippen molar-refractivity contribution in [1.29, 1.82) is 0 Å². The summed E-state index contributed by atoms with van der Waals surface area (Å²) in [5.74, 6) is 0.430. The molecule has 1 aromatic carbocycles. The van der Waals surface area contributed by atoms with Crippen LogP contribution < -0.4 is 5.56 Å². The summed E-state index contributed by atoms with van der Waals surface area (Å²) in [5, 5.41) is 1.01. The highest BCUT2D eigenvalue weighted by Gasteiger charge is 2.20. The van der Waals surface area contributed by atoms with Gasteiger partial charge in [-0.25, -0.2) is 4.98 Å². The van der Waals surface area contributed by atoms with E-state index in [0.717, 1.165) is 23.3 Å². The molecular weight excluding hydrogens is 382 g/mol. The topological polar surface area (TPSA) is 66.1 Å². The quantitative estimate of drug-likeness (QED) is 0.656. The van der Waals surface area contributed by atoms with Crippen molar-refractivity contribution in [3.63, 3.8) is 0 Å². The first-order valence-electron chi connectivity index (χ1n) is 9.00. The molecule has 0 aliphatic carbocycles. The van der Waals surface area contributed by atoms with E-state index in [1.807, 2.05) is 19.9 Å². The van der Waals surface area contributed by atoms with E-state index in [0.29, 0.717) is 28.3 Å². The molecule has 0 spiro atoms. The normalized spacial score (nSPS) is 11.1. The molecule has 1 amide bonds. The first-order chi connectivity index (χ1) is 12.9. The van der Waals surface area contributed by atoms with E-state index in [9.17, 15) is 9.59 Å². The molecule has 3 aromatic rings. The highest BCUT2D eigenvalue weighted by molar-refractivity contribution is 7.14. The Kier molecular flexibility index (Phi) is 5.97. The number of hydrogen-bond donors (Lipinski definition) is 1. The highest BCUT2D eigenvalue weighted by atomic mass is 35.5. The van der Waals surface area contributed by atoms with Gasteiger partial charge in [-0.3, -0.25) is 9.59 Å². The molecule has 0 fully saturated rings. The second-order valence-electron chi connectivity index (χ2n) is 6.47. The first-order valence-corrected chi connectivity index (χ1v) is 10.2. The minimum Gasteiger partial charge on any atom is -0.330 e. The smallest absolute Gasteiger partial charge is 0.264 e. The largest absolute Gasteiger partial charge is 0.330 e. The summed E-state index contributed by atoms with van der Waals surface area (Å²) in [6.45, 7) is 6.99. The lowest BCUT2D eigenvalue weighted by molar-refractivity contribution is 0.0743. The fraction of sp³-hybridized carbons (Fsp3) is 0.350. The number of aromatic nitrogens is 2. The predicted molar refractivity (Wildman–Crippen MR) is 111 cm³/mol. The zero-order chi connectivity index (χ0) is 19.6. The van der Waals surface area contributed by atoms with Gasteiger partial charge in [0.25, 0.3) is 11.5 Å². The van der Waals surface area contributed by atoms with Crippen LogP contribution in [0.1, 0.15) is 46.2 Å². The molecule has 1 N–H and O–H groups in total. The lowest BCUT2D eigenvalue weighted by atomic mass is 10.2. The maximum atomic E-state index is 13.0. The van der Waals surface area contributed by atoms with Crippen LogP contribution in [0.25, 0.3) is 10.9 Å². The minimum absolute atomic E-state index is 0.0292. The molecule has 0 aliphatic heterocycles. The van der Waals surface area contributed by atoms with Gasteiger partial charge in [-0.05, 0) is 49.6 Å². The molecule has 0 unspecified atom stereocenters. The van der Waals surface area contributed by atoms with Gasteiger partial charge in [0.1, 0.15) is 5.82 Å². The number of halogens is 1. The van der Waals surface area contributed by atoms with Gasteiger partial charge >= 0.3 is 0 Å². The van der Waals surface area contributed by atoms with Gasteiger partial charge < -0.3 is 9.88 Å². The average Bonchev–Trinajstić information content (AvgIpc) is 3.01. The Bertz CT molecular complexity index is 1040. The van der Waals surface area contributed by atoms with Crippen molar-refractivity contribution in [3.8, 4) is 0 Å². The third-order valence-electron chi connectivity index (χ3n) is 4.39. The molecule has 0 saturated heterocycles. The van der Waals surface area contributed by atoms with Crippen molar-refractivity contribution in [2.24, 2.45) is 0 Å². The lowest BCUT2D eigenvalue weighted by Crippen LogP contribution is -2.32. The summed E-state index contributed by atoms with van der Waals surface area (Å²) in [6, 6.07) is 6.93. The molecule has 5 nitrogen and oxygen atoms in total. The monoisotopic (exact) mass is 403 g/mol. The Morgan fingerprint density at radius 1 is 1.30 bits per heavy atom.